The number of nitrogens with one attached hydrogen (secondary N) is 2. The molecule has 0 saturated carbocycles. The SMILES string of the molecule is CCNC(=NCc1cccnc1N1CCC(C(N)=O)CC1)NCC(C)C. The number of primary amides is 1. The molecule has 4 N–H and O–H groups in total. The van der Waals surface area contributed by atoms with Gasteiger partial charge in [-0.3, -0.25) is 4.79 Å². The minimum atomic E-state index is -0.193. The van der Waals surface area contributed by atoms with E-state index in [1.165, 1.54) is 0 Å². The lowest BCUT2D eigenvalue weighted by Gasteiger charge is -2.32. The number of guanidine groups is 1. The van der Waals surface area contributed by atoms with Crippen LogP contribution in [0, 0.1) is 11.8 Å². The molecule has 0 spiro atoms. The van der Waals surface area contributed by atoms with Crippen LogP contribution < -0.4 is 21.3 Å². The van der Waals surface area contributed by atoms with Crippen LogP contribution in [0.15, 0.2) is 23.3 Å². The largest absolute Gasteiger partial charge is 0.369 e. The summed E-state index contributed by atoms with van der Waals surface area (Å²) in [6.45, 7) is 10.3. The van der Waals surface area contributed by atoms with Crippen LogP contribution in [0.3, 0.4) is 0 Å². The number of aliphatic imine (C=N–C) groups is 1. The predicted octanol–water partition coefficient (Wildman–Crippen LogP) is 1.49. The van der Waals surface area contributed by atoms with Crippen molar-refractivity contribution in [2.24, 2.45) is 22.6 Å². The first-order chi connectivity index (χ1) is 12.5. The van der Waals surface area contributed by atoms with Gasteiger partial charge in [-0.2, -0.15) is 0 Å². The molecule has 2 heterocycles. The van der Waals surface area contributed by atoms with Gasteiger partial charge in [0.25, 0.3) is 0 Å². The topological polar surface area (TPSA) is 95.6 Å². The van der Waals surface area contributed by atoms with Crippen LogP contribution in [0.25, 0.3) is 0 Å². The highest BCUT2D eigenvalue weighted by atomic mass is 16.1. The molecule has 1 aromatic rings. The zero-order chi connectivity index (χ0) is 18.9. The van der Waals surface area contributed by atoms with Crippen molar-refractivity contribution in [1.82, 2.24) is 15.6 Å². The van der Waals surface area contributed by atoms with E-state index in [0.717, 1.165) is 56.4 Å². The first-order valence-corrected chi connectivity index (χ1v) is 9.51. The Kier molecular flexibility index (Phi) is 7.69. The number of pyridine rings is 1. The minimum absolute atomic E-state index is 0.0166. The van der Waals surface area contributed by atoms with Crippen molar-refractivity contribution in [2.75, 3.05) is 31.1 Å². The van der Waals surface area contributed by atoms with Crippen molar-refractivity contribution in [3.8, 4) is 0 Å². The fraction of sp³-hybridized carbons (Fsp3) is 0.632. The molecule has 2 rings (SSSR count). The van der Waals surface area contributed by atoms with E-state index >= 15 is 0 Å². The number of carbonyl (C=O) groups is 1. The zero-order valence-electron chi connectivity index (χ0n) is 16.2. The van der Waals surface area contributed by atoms with E-state index in [9.17, 15) is 4.79 Å². The maximum atomic E-state index is 11.4. The van der Waals surface area contributed by atoms with Gasteiger partial charge in [0.05, 0.1) is 6.54 Å². The Bertz CT molecular complexity index is 608. The summed E-state index contributed by atoms with van der Waals surface area (Å²) in [4.78, 5) is 22.9. The quantitative estimate of drug-likeness (QED) is 0.506. The molecule has 1 aromatic heterocycles. The second kappa shape index (κ2) is 9.99. The molecule has 0 aliphatic carbocycles. The summed E-state index contributed by atoms with van der Waals surface area (Å²) in [6.07, 6.45) is 3.38. The van der Waals surface area contributed by atoms with Crippen molar-refractivity contribution >= 4 is 17.7 Å². The number of anilines is 1. The molecule has 0 aromatic carbocycles. The Morgan fingerprint density at radius 2 is 2.12 bits per heavy atom. The first kappa shape index (κ1) is 20.0. The third kappa shape index (κ3) is 5.89. The monoisotopic (exact) mass is 360 g/mol. The summed E-state index contributed by atoms with van der Waals surface area (Å²) < 4.78 is 0. The maximum absolute atomic E-state index is 11.4. The number of nitrogens with two attached hydrogens (primary N) is 1. The summed E-state index contributed by atoms with van der Waals surface area (Å²) in [5.74, 6) is 2.13. The van der Waals surface area contributed by atoms with Crippen molar-refractivity contribution in [2.45, 2.75) is 40.2 Å². The standard InChI is InChI=1S/C19H32N6O/c1-4-21-19(23-12-14(2)3)24-13-16-6-5-9-22-18(16)25-10-7-15(8-11-25)17(20)26/h5-6,9,14-15H,4,7-8,10-13H2,1-3H3,(H2,20,26)(H2,21,23,24). The van der Waals surface area contributed by atoms with Crippen LogP contribution in [-0.2, 0) is 11.3 Å². The van der Waals surface area contributed by atoms with E-state index in [1.54, 1.807) is 0 Å². The molecule has 0 atom stereocenters. The Balaban J connectivity index is 2.06. The molecular formula is C19H32N6O. The third-order valence-electron chi connectivity index (χ3n) is 4.49. The molecule has 7 heteroatoms. The fourth-order valence-electron chi connectivity index (χ4n) is 3.02. The molecule has 1 amide bonds. The highest BCUT2D eigenvalue weighted by molar-refractivity contribution is 5.79. The number of hydrogen-bond acceptors (Lipinski definition) is 4. The van der Waals surface area contributed by atoms with Crippen LogP contribution in [0.4, 0.5) is 5.82 Å². The van der Waals surface area contributed by atoms with Crippen molar-refractivity contribution < 1.29 is 4.79 Å². The molecule has 1 fully saturated rings. The molecule has 1 saturated heterocycles. The number of nitrogens with zero attached hydrogens (tertiary/aromatic N) is 3. The number of rotatable bonds is 7. The maximum Gasteiger partial charge on any atom is 0.220 e. The number of hydrogen-bond donors (Lipinski definition) is 3. The number of carbonyl (C=O) groups excluding carboxylic acids is 1. The van der Waals surface area contributed by atoms with Crippen molar-refractivity contribution in [1.29, 1.82) is 0 Å². The van der Waals surface area contributed by atoms with Crippen LogP contribution in [-0.4, -0.2) is 43.0 Å². The van der Waals surface area contributed by atoms with Gasteiger partial charge in [-0.1, -0.05) is 19.9 Å². The van der Waals surface area contributed by atoms with E-state index in [-0.39, 0.29) is 11.8 Å². The predicted molar refractivity (Wildman–Crippen MR) is 106 cm³/mol. The highest BCUT2D eigenvalue weighted by Gasteiger charge is 2.24. The van der Waals surface area contributed by atoms with Crippen molar-refractivity contribution in [3.05, 3.63) is 23.9 Å². The van der Waals surface area contributed by atoms with Gasteiger partial charge in [-0.25, -0.2) is 9.98 Å². The average Bonchev–Trinajstić information content (AvgIpc) is 2.64. The van der Waals surface area contributed by atoms with Gasteiger partial charge in [0.15, 0.2) is 5.96 Å². The summed E-state index contributed by atoms with van der Waals surface area (Å²) in [6, 6.07) is 4.01. The van der Waals surface area contributed by atoms with Crippen molar-refractivity contribution in [3.63, 3.8) is 0 Å². The van der Waals surface area contributed by atoms with E-state index in [4.69, 9.17) is 10.7 Å². The first-order valence-electron chi connectivity index (χ1n) is 9.51. The van der Waals surface area contributed by atoms with E-state index in [2.05, 4.69) is 47.4 Å². The molecule has 26 heavy (non-hydrogen) atoms. The molecule has 0 unspecified atom stereocenters. The van der Waals surface area contributed by atoms with Crippen LogP contribution in [0.5, 0.6) is 0 Å². The van der Waals surface area contributed by atoms with E-state index in [1.807, 2.05) is 12.3 Å². The second-order valence-electron chi connectivity index (χ2n) is 7.12. The number of amides is 1. The van der Waals surface area contributed by atoms with Gasteiger partial charge in [0.1, 0.15) is 5.82 Å². The number of piperidine rings is 1. The molecule has 144 valence electrons. The smallest absolute Gasteiger partial charge is 0.220 e. The summed E-state index contributed by atoms with van der Waals surface area (Å²) in [5, 5.41) is 6.64. The normalized spacial score (nSPS) is 16.0. The highest BCUT2D eigenvalue weighted by Crippen LogP contribution is 2.24. The zero-order valence-corrected chi connectivity index (χ0v) is 16.2. The second-order valence-corrected chi connectivity index (χ2v) is 7.12. The van der Waals surface area contributed by atoms with Gasteiger partial charge in [0, 0.05) is 43.9 Å². The molecule has 0 radical (unpaired) electrons. The molecular weight excluding hydrogens is 328 g/mol. The Labute approximate surface area is 156 Å². The third-order valence-corrected chi connectivity index (χ3v) is 4.49. The lowest BCUT2D eigenvalue weighted by atomic mass is 9.96. The van der Waals surface area contributed by atoms with Crippen LogP contribution in [0.2, 0.25) is 0 Å². The Morgan fingerprint density at radius 1 is 1.38 bits per heavy atom. The summed E-state index contributed by atoms with van der Waals surface area (Å²) in [5.41, 5.74) is 6.53. The van der Waals surface area contributed by atoms with Gasteiger partial charge in [-0.15, -0.1) is 0 Å². The Hall–Kier alpha value is -2.31. The van der Waals surface area contributed by atoms with Crippen LogP contribution in [0.1, 0.15) is 39.2 Å². The molecule has 7 nitrogen and oxygen atoms in total. The Morgan fingerprint density at radius 3 is 2.73 bits per heavy atom. The molecule has 1 aliphatic heterocycles. The summed E-state index contributed by atoms with van der Waals surface area (Å²) in [7, 11) is 0. The van der Waals surface area contributed by atoms with Gasteiger partial charge < -0.3 is 21.3 Å². The van der Waals surface area contributed by atoms with Crippen LogP contribution >= 0.6 is 0 Å². The minimum Gasteiger partial charge on any atom is -0.369 e. The molecule has 0 bridgehead atoms. The molecule has 1 aliphatic rings. The lowest BCUT2D eigenvalue weighted by Crippen LogP contribution is -2.40. The van der Waals surface area contributed by atoms with Gasteiger partial charge in [-0.05, 0) is 31.7 Å². The van der Waals surface area contributed by atoms with Gasteiger partial charge >= 0.3 is 0 Å². The van der Waals surface area contributed by atoms with Gasteiger partial charge in [0.2, 0.25) is 5.91 Å². The average molecular weight is 361 g/mol. The summed E-state index contributed by atoms with van der Waals surface area (Å²) >= 11 is 0. The fourth-order valence-corrected chi connectivity index (χ4v) is 3.02. The van der Waals surface area contributed by atoms with E-state index < -0.39 is 0 Å². The number of aromatic nitrogens is 1. The lowest BCUT2D eigenvalue weighted by molar-refractivity contribution is -0.122. The van der Waals surface area contributed by atoms with E-state index in [0.29, 0.717) is 12.5 Å².